The van der Waals surface area contributed by atoms with Crippen LogP contribution >= 0.6 is 27.5 Å². The van der Waals surface area contributed by atoms with Gasteiger partial charge in [-0.05, 0) is 30.7 Å². The normalized spacial score (nSPS) is 16.9. The largest absolute Gasteiger partial charge is 0.327 e. The summed E-state index contributed by atoms with van der Waals surface area (Å²) in [6.45, 7) is 1.70. The summed E-state index contributed by atoms with van der Waals surface area (Å²) < 4.78 is 0.804. The fourth-order valence-corrected chi connectivity index (χ4v) is 3.39. The maximum absolute atomic E-state index is 12.9. The van der Waals surface area contributed by atoms with E-state index in [1.165, 1.54) is 0 Å². The van der Waals surface area contributed by atoms with E-state index in [-0.39, 0.29) is 11.9 Å². The van der Waals surface area contributed by atoms with Gasteiger partial charge in [-0.15, -0.1) is 0 Å². The highest BCUT2D eigenvalue weighted by atomic mass is 79.9. The van der Waals surface area contributed by atoms with Crippen LogP contribution in [0.1, 0.15) is 18.5 Å². The van der Waals surface area contributed by atoms with E-state index in [1.54, 1.807) is 31.2 Å². The van der Waals surface area contributed by atoms with Crippen molar-refractivity contribution in [2.45, 2.75) is 13.0 Å². The molecule has 3 N–H and O–H groups in total. The van der Waals surface area contributed by atoms with Crippen LogP contribution < -0.4 is 16.0 Å². The van der Waals surface area contributed by atoms with Gasteiger partial charge in [0.25, 0.3) is 5.91 Å². The van der Waals surface area contributed by atoms with Crippen LogP contribution in [0.25, 0.3) is 0 Å². The first-order chi connectivity index (χ1) is 12.0. The molecule has 0 saturated heterocycles. The van der Waals surface area contributed by atoms with Crippen molar-refractivity contribution in [2.75, 3.05) is 5.32 Å². The number of urea groups is 1. The Labute approximate surface area is 158 Å². The second-order valence-corrected chi connectivity index (χ2v) is 6.79. The highest BCUT2D eigenvalue weighted by molar-refractivity contribution is 9.10. The highest BCUT2D eigenvalue weighted by Gasteiger charge is 2.32. The summed E-state index contributed by atoms with van der Waals surface area (Å²) in [5.74, 6) is -0.334. The van der Waals surface area contributed by atoms with Gasteiger partial charge in [0.1, 0.15) is 0 Å². The van der Waals surface area contributed by atoms with Crippen molar-refractivity contribution in [2.24, 2.45) is 0 Å². The molecular weight excluding hydrogens is 406 g/mol. The van der Waals surface area contributed by atoms with Crippen LogP contribution in [0.15, 0.2) is 64.3 Å². The zero-order chi connectivity index (χ0) is 18.0. The number of hydrogen-bond acceptors (Lipinski definition) is 2. The molecule has 25 heavy (non-hydrogen) atoms. The molecule has 0 unspecified atom stereocenters. The zero-order valence-corrected chi connectivity index (χ0v) is 15.6. The highest BCUT2D eigenvalue weighted by Crippen LogP contribution is 2.32. The molecule has 1 atom stereocenters. The molecule has 0 bridgehead atoms. The van der Waals surface area contributed by atoms with Crippen LogP contribution in [0, 0.1) is 0 Å². The summed E-state index contributed by atoms with van der Waals surface area (Å²) in [7, 11) is 0. The first-order valence-electron chi connectivity index (χ1n) is 7.56. The molecule has 0 saturated carbocycles. The van der Waals surface area contributed by atoms with Crippen LogP contribution in [-0.4, -0.2) is 11.9 Å². The lowest BCUT2D eigenvalue weighted by Gasteiger charge is -2.29. The van der Waals surface area contributed by atoms with Crippen LogP contribution in [0.2, 0.25) is 5.02 Å². The second kappa shape index (κ2) is 7.29. The van der Waals surface area contributed by atoms with Gasteiger partial charge in [0.15, 0.2) is 0 Å². The van der Waals surface area contributed by atoms with Crippen LogP contribution in [0.4, 0.5) is 10.5 Å². The summed E-state index contributed by atoms with van der Waals surface area (Å²) in [4.78, 5) is 24.8. The smallest absolute Gasteiger partial charge is 0.319 e. The van der Waals surface area contributed by atoms with Gasteiger partial charge in [0.2, 0.25) is 0 Å². The fraction of sp³-hybridized carbons (Fsp3) is 0.111. The number of rotatable bonds is 3. The van der Waals surface area contributed by atoms with Crippen LogP contribution in [0.5, 0.6) is 0 Å². The zero-order valence-electron chi connectivity index (χ0n) is 13.3. The fourth-order valence-electron chi connectivity index (χ4n) is 2.69. The van der Waals surface area contributed by atoms with E-state index in [1.807, 2.05) is 24.3 Å². The minimum atomic E-state index is -0.577. The van der Waals surface area contributed by atoms with Crippen molar-refractivity contribution < 1.29 is 9.59 Å². The number of para-hydroxylation sites is 1. The molecule has 2 aromatic carbocycles. The number of amides is 3. The Morgan fingerprint density at radius 3 is 2.56 bits per heavy atom. The van der Waals surface area contributed by atoms with Gasteiger partial charge < -0.3 is 16.0 Å². The molecule has 128 valence electrons. The summed E-state index contributed by atoms with van der Waals surface area (Å²) in [5.41, 5.74) is 2.22. The first kappa shape index (κ1) is 17.5. The maximum atomic E-state index is 12.9. The Hall–Kier alpha value is -2.31. The van der Waals surface area contributed by atoms with Crippen LogP contribution in [-0.2, 0) is 4.79 Å². The molecule has 0 aromatic heterocycles. The average molecular weight is 421 g/mol. The molecule has 0 spiro atoms. The van der Waals surface area contributed by atoms with Gasteiger partial charge in [-0.25, -0.2) is 4.79 Å². The number of carbonyl (C=O) groups excluding carboxylic acids is 2. The Bertz CT molecular complexity index is 882. The summed E-state index contributed by atoms with van der Waals surface area (Å²) in [6.07, 6.45) is 0. The van der Waals surface area contributed by atoms with Gasteiger partial charge in [0.05, 0.1) is 22.3 Å². The SMILES string of the molecule is CC1=C(C(=O)Nc2ccccc2Cl)[C@@H](c2ccccc2Br)NC(=O)N1. The average Bonchev–Trinajstić information content (AvgIpc) is 2.56. The molecule has 5 nitrogen and oxygen atoms in total. The van der Waals surface area contributed by atoms with Crippen molar-refractivity contribution in [1.82, 2.24) is 10.6 Å². The molecule has 2 aromatic rings. The van der Waals surface area contributed by atoms with Crippen molar-refractivity contribution in [3.63, 3.8) is 0 Å². The lowest BCUT2D eigenvalue weighted by atomic mass is 9.95. The minimum Gasteiger partial charge on any atom is -0.327 e. The predicted molar refractivity (Wildman–Crippen MR) is 101 cm³/mol. The number of hydrogen-bond donors (Lipinski definition) is 3. The topological polar surface area (TPSA) is 70.2 Å². The van der Waals surface area contributed by atoms with E-state index in [2.05, 4.69) is 31.9 Å². The van der Waals surface area contributed by atoms with Crippen molar-refractivity contribution in [1.29, 1.82) is 0 Å². The van der Waals surface area contributed by atoms with Crippen molar-refractivity contribution in [3.8, 4) is 0 Å². The standard InChI is InChI=1S/C18H15BrClN3O2/c1-10-15(17(24)22-14-9-5-4-8-13(14)20)16(23-18(25)21-10)11-6-2-3-7-12(11)19/h2-9,16H,1H3,(H,22,24)(H2,21,23,25)/t16-/m1/s1. The first-order valence-corrected chi connectivity index (χ1v) is 8.73. The molecule has 3 amide bonds. The summed E-state index contributed by atoms with van der Waals surface area (Å²) >= 11 is 9.60. The van der Waals surface area contributed by atoms with Gasteiger partial charge >= 0.3 is 6.03 Å². The quantitative estimate of drug-likeness (QED) is 0.690. The second-order valence-electron chi connectivity index (χ2n) is 5.53. The number of halogens is 2. The molecule has 0 radical (unpaired) electrons. The molecule has 0 fully saturated rings. The summed E-state index contributed by atoms with van der Waals surface area (Å²) in [6, 6.07) is 13.5. The molecule has 1 heterocycles. The van der Waals surface area contributed by atoms with E-state index in [4.69, 9.17) is 11.6 Å². The van der Waals surface area contributed by atoms with Gasteiger partial charge in [-0.3, -0.25) is 4.79 Å². The van der Waals surface area contributed by atoms with Crippen molar-refractivity contribution >= 4 is 45.2 Å². The van der Waals surface area contributed by atoms with Crippen molar-refractivity contribution in [3.05, 3.63) is 74.9 Å². The molecule has 1 aliphatic rings. The predicted octanol–water partition coefficient (Wildman–Crippen LogP) is 4.37. The number of nitrogens with one attached hydrogen (secondary N) is 3. The third-order valence-electron chi connectivity index (χ3n) is 3.85. The Morgan fingerprint density at radius 2 is 1.84 bits per heavy atom. The lowest BCUT2D eigenvalue weighted by molar-refractivity contribution is -0.113. The number of anilines is 1. The Balaban J connectivity index is 1.99. The summed E-state index contributed by atoms with van der Waals surface area (Å²) in [5, 5.41) is 8.71. The number of allylic oxidation sites excluding steroid dienone is 1. The minimum absolute atomic E-state index is 0.334. The molecular formula is C18H15BrClN3O2. The Kier molecular flexibility index (Phi) is 5.11. The lowest BCUT2D eigenvalue weighted by Crippen LogP contribution is -2.46. The monoisotopic (exact) mass is 419 g/mol. The number of benzene rings is 2. The van der Waals surface area contributed by atoms with E-state index >= 15 is 0 Å². The van der Waals surface area contributed by atoms with Gasteiger partial charge in [0, 0.05) is 10.2 Å². The molecule has 3 rings (SSSR count). The Morgan fingerprint density at radius 1 is 1.16 bits per heavy atom. The molecule has 7 heteroatoms. The van der Waals surface area contributed by atoms with Gasteiger partial charge in [-0.2, -0.15) is 0 Å². The maximum Gasteiger partial charge on any atom is 0.319 e. The molecule has 1 aliphatic heterocycles. The third-order valence-corrected chi connectivity index (χ3v) is 4.90. The van der Waals surface area contributed by atoms with E-state index in [0.717, 1.165) is 10.0 Å². The van der Waals surface area contributed by atoms with E-state index in [9.17, 15) is 9.59 Å². The number of carbonyl (C=O) groups is 2. The molecule has 0 aliphatic carbocycles. The third kappa shape index (κ3) is 3.70. The van der Waals surface area contributed by atoms with Gasteiger partial charge in [-0.1, -0.05) is 57.9 Å². The van der Waals surface area contributed by atoms with E-state index < -0.39 is 6.04 Å². The van der Waals surface area contributed by atoms with E-state index in [0.29, 0.717) is 22.0 Å². The van der Waals surface area contributed by atoms with Crippen LogP contribution in [0.3, 0.4) is 0 Å².